The molecular formula is C26H31N3O4. The number of hydrogen-bond acceptors (Lipinski definition) is 5. The summed E-state index contributed by atoms with van der Waals surface area (Å²) < 4.78 is 11.5. The number of benzene rings is 2. The smallest absolute Gasteiger partial charge is 0.256 e. The van der Waals surface area contributed by atoms with Crippen molar-refractivity contribution in [1.82, 2.24) is 9.80 Å². The Hall–Kier alpha value is -2.90. The predicted molar refractivity (Wildman–Crippen MR) is 125 cm³/mol. The molecule has 3 aliphatic heterocycles. The number of rotatable bonds is 5. The molecule has 33 heavy (non-hydrogen) atoms. The lowest BCUT2D eigenvalue weighted by Gasteiger charge is -2.37. The van der Waals surface area contributed by atoms with Crippen molar-refractivity contribution in [3.05, 3.63) is 65.2 Å². The minimum absolute atomic E-state index is 0.0252. The Bertz CT molecular complexity index is 1020. The third kappa shape index (κ3) is 4.23. The van der Waals surface area contributed by atoms with Crippen molar-refractivity contribution < 1.29 is 19.1 Å². The first kappa shape index (κ1) is 21.9. The summed E-state index contributed by atoms with van der Waals surface area (Å²) in [5.74, 6) is -0.0447. The van der Waals surface area contributed by atoms with Gasteiger partial charge in [0.2, 0.25) is 0 Å². The molecule has 2 aromatic carbocycles. The normalized spacial score (nSPS) is 21.7. The standard InChI is InChI=1S/C26H31N3O4/c1-18(2)17-29-23(21-5-3-4-6-22(21)25(29)31)27-20-9-7-19(8-10-20)24(30)28-13-11-26(12-14-28)32-15-16-33-26/h3-10,18,23,27H,11-17H2,1-2H3. The molecule has 1 N–H and O–H groups in total. The maximum Gasteiger partial charge on any atom is 0.256 e. The number of anilines is 1. The fourth-order valence-electron chi connectivity index (χ4n) is 4.99. The molecule has 0 aliphatic carbocycles. The molecular weight excluding hydrogens is 418 g/mol. The van der Waals surface area contributed by atoms with Gasteiger partial charge in [0.1, 0.15) is 6.17 Å². The van der Waals surface area contributed by atoms with Gasteiger partial charge >= 0.3 is 0 Å². The zero-order valence-corrected chi connectivity index (χ0v) is 19.3. The number of carbonyl (C=O) groups excluding carboxylic acids is 2. The highest BCUT2D eigenvalue weighted by molar-refractivity contribution is 5.99. The van der Waals surface area contributed by atoms with Crippen LogP contribution in [0.4, 0.5) is 5.69 Å². The fraction of sp³-hybridized carbons (Fsp3) is 0.462. The van der Waals surface area contributed by atoms with E-state index in [1.165, 1.54) is 0 Å². The predicted octanol–water partition coefficient (Wildman–Crippen LogP) is 3.89. The van der Waals surface area contributed by atoms with Crippen LogP contribution in [0.5, 0.6) is 0 Å². The Morgan fingerprint density at radius 1 is 1.06 bits per heavy atom. The number of nitrogens with zero attached hydrogens (tertiary/aromatic N) is 2. The monoisotopic (exact) mass is 449 g/mol. The van der Waals surface area contributed by atoms with Gasteiger partial charge in [0.05, 0.1) is 13.2 Å². The lowest BCUT2D eigenvalue weighted by Crippen LogP contribution is -2.47. The van der Waals surface area contributed by atoms with Crippen LogP contribution in [0, 0.1) is 5.92 Å². The van der Waals surface area contributed by atoms with Crippen molar-refractivity contribution >= 4 is 17.5 Å². The van der Waals surface area contributed by atoms with E-state index in [1.807, 2.05) is 58.3 Å². The highest BCUT2D eigenvalue weighted by atomic mass is 16.7. The number of carbonyl (C=O) groups is 2. The van der Waals surface area contributed by atoms with E-state index in [-0.39, 0.29) is 18.0 Å². The van der Waals surface area contributed by atoms with Crippen LogP contribution >= 0.6 is 0 Å². The van der Waals surface area contributed by atoms with Gasteiger partial charge in [-0.25, -0.2) is 0 Å². The molecule has 5 rings (SSSR count). The van der Waals surface area contributed by atoms with E-state index in [4.69, 9.17) is 9.47 Å². The first-order valence-corrected chi connectivity index (χ1v) is 11.8. The zero-order valence-electron chi connectivity index (χ0n) is 19.3. The number of fused-ring (bicyclic) bond motifs is 1. The number of ether oxygens (including phenoxy) is 2. The fourth-order valence-corrected chi connectivity index (χ4v) is 4.99. The third-order valence-corrected chi connectivity index (χ3v) is 6.68. The van der Waals surface area contributed by atoms with Crippen molar-refractivity contribution in [2.24, 2.45) is 5.92 Å². The summed E-state index contributed by atoms with van der Waals surface area (Å²) in [4.78, 5) is 29.7. The Kier molecular flexibility index (Phi) is 5.85. The van der Waals surface area contributed by atoms with Gasteiger partial charge in [0.25, 0.3) is 11.8 Å². The minimum Gasteiger partial charge on any atom is -0.361 e. The molecule has 7 nitrogen and oxygen atoms in total. The maximum absolute atomic E-state index is 13.0. The molecule has 3 heterocycles. The van der Waals surface area contributed by atoms with Crippen molar-refractivity contribution in [3.8, 4) is 0 Å². The van der Waals surface area contributed by atoms with Gasteiger partial charge in [0.15, 0.2) is 5.79 Å². The lowest BCUT2D eigenvalue weighted by atomic mass is 10.0. The van der Waals surface area contributed by atoms with Crippen LogP contribution in [0.2, 0.25) is 0 Å². The lowest BCUT2D eigenvalue weighted by molar-refractivity contribution is -0.181. The molecule has 0 bridgehead atoms. The average Bonchev–Trinajstić information content (AvgIpc) is 3.38. The molecule has 0 saturated carbocycles. The van der Waals surface area contributed by atoms with Crippen LogP contribution in [0.25, 0.3) is 0 Å². The molecule has 2 fully saturated rings. The molecule has 2 saturated heterocycles. The Morgan fingerprint density at radius 3 is 2.39 bits per heavy atom. The summed E-state index contributed by atoms with van der Waals surface area (Å²) in [6.45, 7) is 7.42. The second-order valence-electron chi connectivity index (χ2n) is 9.46. The van der Waals surface area contributed by atoms with E-state index < -0.39 is 5.79 Å². The third-order valence-electron chi connectivity index (χ3n) is 6.68. The molecule has 0 radical (unpaired) electrons. The van der Waals surface area contributed by atoms with Crippen molar-refractivity contribution in [2.75, 3.05) is 38.2 Å². The highest BCUT2D eigenvalue weighted by Gasteiger charge is 2.41. The molecule has 1 atom stereocenters. The summed E-state index contributed by atoms with van der Waals surface area (Å²) in [6.07, 6.45) is 1.19. The minimum atomic E-state index is -0.485. The van der Waals surface area contributed by atoms with E-state index in [9.17, 15) is 9.59 Å². The largest absolute Gasteiger partial charge is 0.361 e. The molecule has 0 aromatic heterocycles. The van der Waals surface area contributed by atoms with Gasteiger partial charge in [-0.05, 0) is 36.2 Å². The Labute approximate surface area is 194 Å². The number of likely N-dealkylation sites (tertiary alicyclic amines) is 1. The van der Waals surface area contributed by atoms with Gasteiger partial charge in [-0.2, -0.15) is 0 Å². The van der Waals surface area contributed by atoms with E-state index in [1.54, 1.807) is 0 Å². The Morgan fingerprint density at radius 2 is 1.73 bits per heavy atom. The quantitative estimate of drug-likeness (QED) is 0.750. The van der Waals surface area contributed by atoms with Gasteiger partial charge in [-0.3, -0.25) is 9.59 Å². The first-order chi connectivity index (χ1) is 16.0. The van der Waals surface area contributed by atoms with E-state index in [2.05, 4.69) is 19.2 Å². The second-order valence-corrected chi connectivity index (χ2v) is 9.46. The van der Waals surface area contributed by atoms with E-state index in [0.29, 0.717) is 57.2 Å². The average molecular weight is 450 g/mol. The van der Waals surface area contributed by atoms with Crippen LogP contribution in [-0.2, 0) is 9.47 Å². The molecule has 1 unspecified atom stereocenters. The van der Waals surface area contributed by atoms with Crippen LogP contribution < -0.4 is 5.32 Å². The molecule has 3 aliphatic rings. The topological polar surface area (TPSA) is 71.1 Å². The summed E-state index contributed by atoms with van der Waals surface area (Å²) in [6, 6.07) is 15.3. The SMILES string of the molecule is CC(C)CN1C(=O)c2ccccc2C1Nc1ccc(C(=O)N2CCC3(CC2)OCCO3)cc1. The van der Waals surface area contributed by atoms with Crippen molar-refractivity contribution in [1.29, 1.82) is 0 Å². The van der Waals surface area contributed by atoms with Crippen molar-refractivity contribution in [3.63, 3.8) is 0 Å². The van der Waals surface area contributed by atoms with Gasteiger partial charge in [0, 0.05) is 54.9 Å². The summed E-state index contributed by atoms with van der Waals surface area (Å²) in [5.41, 5.74) is 3.27. The van der Waals surface area contributed by atoms with E-state index >= 15 is 0 Å². The zero-order chi connectivity index (χ0) is 23.0. The van der Waals surface area contributed by atoms with Crippen LogP contribution in [0.3, 0.4) is 0 Å². The second kappa shape index (κ2) is 8.80. The number of nitrogens with one attached hydrogen (secondary N) is 1. The van der Waals surface area contributed by atoms with Crippen molar-refractivity contribution in [2.45, 2.75) is 38.6 Å². The summed E-state index contributed by atoms with van der Waals surface area (Å²) in [5, 5.41) is 3.51. The number of hydrogen-bond donors (Lipinski definition) is 1. The summed E-state index contributed by atoms with van der Waals surface area (Å²) >= 11 is 0. The molecule has 7 heteroatoms. The number of piperidine rings is 1. The highest BCUT2D eigenvalue weighted by Crippen LogP contribution is 2.35. The maximum atomic E-state index is 13.0. The van der Waals surface area contributed by atoms with Gasteiger partial charge in [-0.1, -0.05) is 32.0 Å². The molecule has 1 spiro atoms. The molecule has 2 amide bonds. The van der Waals surface area contributed by atoms with Gasteiger partial charge in [-0.15, -0.1) is 0 Å². The first-order valence-electron chi connectivity index (χ1n) is 11.8. The van der Waals surface area contributed by atoms with Crippen LogP contribution in [0.15, 0.2) is 48.5 Å². The molecule has 174 valence electrons. The van der Waals surface area contributed by atoms with E-state index in [0.717, 1.165) is 16.8 Å². The molecule has 2 aromatic rings. The van der Waals surface area contributed by atoms with Crippen LogP contribution in [0.1, 0.15) is 59.1 Å². The number of amides is 2. The van der Waals surface area contributed by atoms with Crippen LogP contribution in [-0.4, -0.2) is 60.2 Å². The summed E-state index contributed by atoms with van der Waals surface area (Å²) in [7, 11) is 0. The van der Waals surface area contributed by atoms with Gasteiger partial charge < -0.3 is 24.6 Å². The Balaban J connectivity index is 1.27.